The van der Waals surface area contributed by atoms with Gasteiger partial charge in [0.2, 0.25) is 0 Å². The molecule has 0 aliphatic carbocycles. The van der Waals surface area contributed by atoms with Gasteiger partial charge in [-0.05, 0) is 46.6 Å². The van der Waals surface area contributed by atoms with Crippen molar-refractivity contribution in [3.63, 3.8) is 0 Å². The molecule has 2 saturated heterocycles. The zero-order valence-electron chi connectivity index (χ0n) is 13.6. The number of fused-ring (bicyclic) bond motifs is 2. The first-order valence-corrected chi connectivity index (χ1v) is 8.03. The van der Waals surface area contributed by atoms with Crippen LogP contribution in [0, 0.1) is 13.8 Å². The summed E-state index contributed by atoms with van der Waals surface area (Å²) in [4.78, 5) is 7.12. The minimum Gasteiger partial charge on any atom is -0.496 e. The molecule has 0 saturated carbocycles. The van der Waals surface area contributed by atoms with Gasteiger partial charge in [0.05, 0.1) is 12.8 Å². The molecular formula is C17H27N3O. The molecule has 1 aromatic rings. The summed E-state index contributed by atoms with van der Waals surface area (Å²) in [6.07, 6.45) is 7.18. The van der Waals surface area contributed by atoms with Crippen molar-refractivity contribution in [2.24, 2.45) is 0 Å². The molecule has 116 valence electrons. The van der Waals surface area contributed by atoms with Crippen LogP contribution in [0.3, 0.4) is 0 Å². The SMILES string of the molecule is COc1c(C)cnc(CN(C)C2CC3CCC(C2)N3)c1C. The van der Waals surface area contributed by atoms with Crippen LogP contribution in [-0.2, 0) is 6.54 Å². The van der Waals surface area contributed by atoms with Crippen LogP contribution in [0.4, 0.5) is 0 Å². The Balaban J connectivity index is 1.71. The monoisotopic (exact) mass is 289 g/mol. The van der Waals surface area contributed by atoms with E-state index in [9.17, 15) is 0 Å². The summed E-state index contributed by atoms with van der Waals surface area (Å²) in [6.45, 7) is 5.08. The molecule has 2 bridgehead atoms. The number of ether oxygens (including phenoxy) is 1. The normalized spacial score (nSPS) is 28.1. The van der Waals surface area contributed by atoms with E-state index in [1.165, 1.54) is 31.2 Å². The van der Waals surface area contributed by atoms with E-state index in [0.717, 1.165) is 35.6 Å². The molecule has 2 atom stereocenters. The van der Waals surface area contributed by atoms with Crippen molar-refractivity contribution >= 4 is 0 Å². The Kier molecular flexibility index (Phi) is 4.18. The highest BCUT2D eigenvalue weighted by molar-refractivity contribution is 5.41. The Hall–Kier alpha value is -1.13. The fraction of sp³-hybridized carbons (Fsp3) is 0.706. The zero-order valence-corrected chi connectivity index (χ0v) is 13.6. The highest BCUT2D eigenvalue weighted by Gasteiger charge is 2.35. The lowest BCUT2D eigenvalue weighted by molar-refractivity contribution is 0.164. The third-order valence-electron chi connectivity index (χ3n) is 5.22. The molecular weight excluding hydrogens is 262 g/mol. The van der Waals surface area contributed by atoms with Gasteiger partial charge >= 0.3 is 0 Å². The highest BCUT2D eigenvalue weighted by atomic mass is 16.5. The van der Waals surface area contributed by atoms with Gasteiger partial charge in [-0.2, -0.15) is 0 Å². The third-order valence-corrected chi connectivity index (χ3v) is 5.22. The molecule has 4 nitrogen and oxygen atoms in total. The van der Waals surface area contributed by atoms with Gasteiger partial charge in [-0.25, -0.2) is 0 Å². The van der Waals surface area contributed by atoms with Gasteiger partial charge < -0.3 is 10.1 Å². The van der Waals surface area contributed by atoms with Crippen LogP contribution in [-0.4, -0.2) is 42.2 Å². The number of aryl methyl sites for hydroxylation is 1. The number of aromatic nitrogens is 1. The molecule has 0 aromatic carbocycles. The number of nitrogens with zero attached hydrogens (tertiary/aromatic N) is 2. The number of hydrogen-bond donors (Lipinski definition) is 1. The maximum atomic E-state index is 5.52. The van der Waals surface area contributed by atoms with Gasteiger partial charge in [0.25, 0.3) is 0 Å². The van der Waals surface area contributed by atoms with Gasteiger partial charge in [-0.15, -0.1) is 0 Å². The molecule has 1 aromatic heterocycles. The summed E-state index contributed by atoms with van der Waals surface area (Å²) >= 11 is 0. The van der Waals surface area contributed by atoms with Crippen molar-refractivity contribution < 1.29 is 4.74 Å². The van der Waals surface area contributed by atoms with E-state index >= 15 is 0 Å². The van der Waals surface area contributed by atoms with Crippen molar-refractivity contribution in [3.8, 4) is 5.75 Å². The van der Waals surface area contributed by atoms with Gasteiger partial charge in [-0.3, -0.25) is 9.88 Å². The van der Waals surface area contributed by atoms with Gasteiger partial charge in [-0.1, -0.05) is 0 Å². The van der Waals surface area contributed by atoms with E-state index in [-0.39, 0.29) is 0 Å². The lowest BCUT2D eigenvalue weighted by Crippen LogP contribution is -2.46. The Bertz CT molecular complexity index is 505. The van der Waals surface area contributed by atoms with E-state index in [0.29, 0.717) is 6.04 Å². The molecule has 0 radical (unpaired) electrons. The van der Waals surface area contributed by atoms with Crippen molar-refractivity contribution in [1.82, 2.24) is 15.2 Å². The summed E-state index contributed by atoms with van der Waals surface area (Å²) < 4.78 is 5.52. The minimum atomic E-state index is 0.678. The van der Waals surface area contributed by atoms with Crippen molar-refractivity contribution in [2.45, 2.75) is 64.2 Å². The van der Waals surface area contributed by atoms with Crippen LogP contribution in [0.2, 0.25) is 0 Å². The molecule has 3 rings (SSSR count). The maximum Gasteiger partial charge on any atom is 0.128 e. The Labute approximate surface area is 127 Å². The summed E-state index contributed by atoms with van der Waals surface area (Å²) in [6, 6.07) is 2.15. The summed E-state index contributed by atoms with van der Waals surface area (Å²) in [5, 5.41) is 3.71. The number of piperidine rings is 1. The highest BCUT2D eigenvalue weighted by Crippen LogP contribution is 2.31. The maximum absolute atomic E-state index is 5.52. The Morgan fingerprint density at radius 2 is 1.95 bits per heavy atom. The topological polar surface area (TPSA) is 37.4 Å². The molecule has 3 heterocycles. The minimum absolute atomic E-state index is 0.678. The van der Waals surface area contributed by atoms with Crippen LogP contribution in [0.1, 0.15) is 42.5 Å². The van der Waals surface area contributed by atoms with Crippen molar-refractivity contribution in [1.29, 1.82) is 0 Å². The first-order valence-electron chi connectivity index (χ1n) is 8.03. The number of pyridine rings is 1. The van der Waals surface area contributed by atoms with Crippen molar-refractivity contribution in [3.05, 3.63) is 23.0 Å². The average Bonchev–Trinajstić information content (AvgIpc) is 2.81. The standard InChI is InChI=1S/C17H27N3O/c1-11-9-18-16(12(2)17(11)21-4)10-20(3)15-7-13-5-6-14(8-15)19-13/h9,13-15,19H,5-8,10H2,1-4H3. The molecule has 2 aliphatic heterocycles. The predicted molar refractivity (Wildman–Crippen MR) is 84.7 cm³/mol. The quantitative estimate of drug-likeness (QED) is 0.924. The van der Waals surface area contributed by atoms with Crippen LogP contribution in [0.5, 0.6) is 5.75 Å². The second kappa shape index (κ2) is 5.93. The molecule has 2 fully saturated rings. The fourth-order valence-corrected chi connectivity index (χ4v) is 3.98. The first-order chi connectivity index (χ1) is 10.1. The smallest absolute Gasteiger partial charge is 0.128 e. The molecule has 2 unspecified atom stereocenters. The van der Waals surface area contributed by atoms with Crippen LogP contribution in [0.15, 0.2) is 6.20 Å². The van der Waals surface area contributed by atoms with Crippen molar-refractivity contribution in [2.75, 3.05) is 14.2 Å². The van der Waals surface area contributed by atoms with E-state index in [4.69, 9.17) is 4.74 Å². The third kappa shape index (κ3) is 2.92. The summed E-state index contributed by atoms with van der Waals surface area (Å²) in [5.41, 5.74) is 3.44. The van der Waals surface area contributed by atoms with Crippen LogP contribution >= 0.6 is 0 Å². The van der Waals surface area contributed by atoms with E-state index in [1.807, 2.05) is 6.20 Å². The predicted octanol–water partition coefficient (Wildman–Crippen LogP) is 2.42. The lowest BCUT2D eigenvalue weighted by Gasteiger charge is -2.35. The number of methoxy groups -OCH3 is 1. The summed E-state index contributed by atoms with van der Waals surface area (Å²) in [5.74, 6) is 0.985. The molecule has 0 amide bonds. The molecule has 21 heavy (non-hydrogen) atoms. The van der Waals surface area contributed by atoms with E-state index < -0.39 is 0 Å². The molecule has 0 spiro atoms. The molecule has 1 N–H and O–H groups in total. The fourth-order valence-electron chi connectivity index (χ4n) is 3.98. The zero-order chi connectivity index (χ0) is 15.0. The molecule has 2 aliphatic rings. The average molecular weight is 289 g/mol. The number of rotatable bonds is 4. The Morgan fingerprint density at radius 1 is 1.29 bits per heavy atom. The van der Waals surface area contributed by atoms with Gasteiger partial charge in [0.15, 0.2) is 0 Å². The second-order valence-corrected chi connectivity index (χ2v) is 6.72. The van der Waals surface area contributed by atoms with E-state index in [1.54, 1.807) is 7.11 Å². The lowest BCUT2D eigenvalue weighted by atomic mass is 9.98. The summed E-state index contributed by atoms with van der Waals surface area (Å²) in [7, 11) is 3.98. The first kappa shape index (κ1) is 14.8. The second-order valence-electron chi connectivity index (χ2n) is 6.72. The van der Waals surface area contributed by atoms with Gasteiger partial charge in [0.1, 0.15) is 5.75 Å². The van der Waals surface area contributed by atoms with E-state index in [2.05, 4.69) is 36.1 Å². The number of hydrogen-bond acceptors (Lipinski definition) is 4. The van der Waals surface area contributed by atoms with Crippen LogP contribution in [0.25, 0.3) is 0 Å². The van der Waals surface area contributed by atoms with Crippen LogP contribution < -0.4 is 10.1 Å². The molecule has 4 heteroatoms. The number of nitrogens with one attached hydrogen (secondary N) is 1. The van der Waals surface area contributed by atoms with Gasteiger partial charge in [0, 0.05) is 42.0 Å². The largest absolute Gasteiger partial charge is 0.496 e. The Morgan fingerprint density at radius 3 is 2.57 bits per heavy atom.